The minimum absolute atomic E-state index is 0.407. The number of rotatable bonds is 1. The first kappa shape index (κ1) is 14.7. The van der Waals surface area contributed by atoms with Crippen molar-refractivity contribution >= 4 is 10.4 Å². The van der Waals surface area contributed by atoms with Gasteiger partial charge in [0.15, 0.2) is 6.29 Å². The van der Waals surface area contributed by atoms with Crippen LogP contribution in [0.1, 0.15) is 0 Å². The normalized spacial score (nSPS) is 35.9. The fourth-order valence-electron chi connectivity index (χ4n) is 0.880. The van der Waals surface area contributed by atoms with Crippen molar-refractivity contribution in [3.05, 3.63) is 0 Å². The first-order valence-corrected chi connectivity index (χ1v) is 5.07. The van der Waals surface area contributed by atoms with E-state index in [0.717, 1.165) is 0 Å². The Balaban J connectivity index is 0.000000336. The summed E-state index contributed by atoms with van der Waals surface area (Å²) in [7, 11) is -4.67. The van der Waals surface area contributed by atoms with Crippen LogP contribution in [-0.2, 0) is 15.1 Å². The van der Waals surface area contributed by atoms with Gasteiger partial charge in [0.1, 0.15) is 18.3 Å². The summed E-state index contributed by atoms with van der Waals surface area (Å²) in [6.07, 6.45) is -4.76. The van der Waals surface area contributed by atoms with E-state index >= 15 is 0 Å². The van der Waals surface area contributed by atoms with Gasteiger partial charge in [-0.1, -0.05) is 0 Å². The van der Waals surface area contributed by atoms with Crippen molar-refractivity contribution in [2.45, 2.75) is 24.6 Å². The second-order valence-corrected chi connectivity index (χ2v) is 3.57. The molecule has 1 unspecified atom stereocenters. The Morgan fingerprint density at radius 1 is 1.07 bits per heavy atom. The Labute approximate surface area is 85.1 Å². The molecule has 0 spiro atoms. The highest BCUT2D eigenvalue weighted by molar-refractivity contribution is 7.79. The van der Waals surface area contributed by atoms with E-state index in [0.29, 0.717) is 0 Å². The fourth-order valence-corrected chi connectivity index (χ4v) is 0.880. The van der Waals surface area contributed by atoms with Gasteiger partial charge in [-0.3, -0.25) is 9.11 Å². The van der Waals surface area contributed by atoms with Crippen molar-refractivity contribution in [3.8, 4) is 0 Å². The molecule has 6 N–H and O–H groups in total. The van der Waals surface area contributed by atoms with E-state index in [1.807, 2.05) is 0 Å². The van der Waals surface area contributed by atoms with Crippen LogP contribution in [0, 0.1) is 0 Å². The Morgan fingerprint density at radius 3 is 1.60 bits per heavy atom. The van der Waals surface area contributed by atoms with Crippen LogP contribution in [0.2, 0.25) is 0 Å². The van der Waals surface area contributed by atoms with Gasteiger partial charge in [0.25, 0.3) is 0 Å². The van der Waals surface area contributed by atoms with Crippen LogP contribution in [0.15, 0.2) is 0 Å². The molecular formula is C5H12O9S. The van der Waals surface area contributed by atoms with Crippen molar-refractivity contribution < 1.29 is 42.7 Å². The molecule has 1 aliphatic heterocycles. The number of hydrogen-bond donors (Lipinski definition) is 6. The van der Waals surface area contributed by atoms with E-state index < -0.39 is 41.6 Å². The van der Waals surface area contributed by atoms with Gasteiger partial charge in [0.05, 0.1) is 6.61 Å². The summed E-state index contributed by atoms with van der Waals surface area (Å²) in [5, 5.41) is 35.0. The third kappa shape index (κ3) is 5.96. The molecule has 0 bridgehead atoms. The predicted molar refractivity (Wildman–Crippen MR) is 44.2 cm³/mol. The Bertz CT molecular complexity index is 266. The molecule has 1 saturated heterocycles. The molecule has 1 fully saturated rings. The molecule has 9 nitrogen and oxygen atoms in total. The molecule has 92 valence electrons. The maximum absolute atomic E-state index is 8.93. The molecule has 1 rings (SSSR count). The minimum atomic E-state index is -4.67. The van der Waals surface area contributed by atoms with Gasteiger partial charge in [-0.15, -0.1) is 0 Å². The molecule has 0 aliphatic carbocycles. The van der Waals surface area contributed by atoms with Gasteiger partial charge in [-0.2, -0.15) is 8.42 Å². The van der Waals surface area contributed by atoms with Crippen LogP contribution in [0.25, 0.3) is 0 Å². The SMILES string of the molecule is O=S(=O)(O)O.OC[C@H]1OC(O)[C@H](O)[C@@H]1O. The van der Waals surface area contributed by atoms with Crippen LogP contribution < -0.4 is 0 Å². The van der Waals surface area contributed by atoms with Crippen molar-refractivity contribution in [2.75, 3.05) is 6.61 Å². The molecule has 1 heterocycles. The number of ether oxygens (including phenoxy) is 1. The Hall–Kier alpha value is -0.330. The average Bonchev–Trinajstić information content (AvgIpc) is 2.29. The van der Waals surface area contributed by atoms with Crippen molar-refractivity contribution in [3.63, 3.8) is 0 Å². The smallest absolute Gasteiger partial charge is 0.394 e. The lowest BCUT2D eigenvalue weighted by atomic mass is 10.1. The lowest BCUT2D eigenvalue weighted by Crippen LogP contribution is -2.33. The zero-order valence-electron chi connectivity index (χ0n) is 7.33. The summed E-state index contributed by atoms with van der Waals surface area (Å²) >= 11 is 0. The monoisotopic (exact) mass is 248 g/mol. The summed E-state index contributed by atoms with van der Waals surface area (Å²) in [5.74, 6) is 0. The zero-order chi connectivity index (χ0) is 12.2. The summed E-state index contributed by atoms with van der Waals surface area (Å²) in [6, 6.07) is 0. The maximum Gasteiger partial charge on any atom is 0.394 e. The van der Waals surface area contributed by atoms with E-state index in [1.165, 1.54) is 0 Å². The van der Waals surface area contributed by atoms with E-state index in [9.17, 15) is 0 Å². The van der Waals surface area contributed by atoms with Crippen molar-refractivity contribution in [1.82, 2.24) is 0 Å². The second kappa shape index (κ2) is 5.67. The molecule has 10 heteroatoms. The van der Waals surface area contributed by atoms with Crippen molar-refractivity contribution in [2.24, 2.45) is 0 Å². The first-order valence-electron chi connectivity index (χ1n) is 3.67. The fraction of sp³-hybridized carbons (Fsp3) is 1.00. The van der Waals surface area contributed by atoms with Gasteiger partial charge in [-0.05, 0) is 0 Å². The highest BCUT2D eigenvalue weighted by Gasteiger charge is 2.41. The zero-order valence-corrected chi connectivity index (χ0v) is 8.15. The highest BCUT2D eigenvalue weighted by atomic mass is 32.3. The topological polar surface area (TPSA) is 165 Å². The van der Waals surface area contributed by atoms with Gasteiger partial charge >= 0.3 is 10.4 Å². The third-order valence-corrected chi connectivity index (χ3v) is 1.52. The quantitative estimate of drug-likeness (QED) is 0.261. The van der Waals surface area contributed by atoms with E-state index in [1.54, 1.807) is 0 Å². The van der Waals surface area contributed by atoms with Gasteiger partial charge < -0.3 is 25.2 Å². The van der Waals surface area contributed by atoms with Crippen LogP contribution in [0.5, 0.6) is 0 Å². The van der Waals surface area contributed by atoms with Gasteiger partial charge in [0, 0.05) is 0 Å². The molecule has 0 aromatic heterocycles. The molecule has 0 saturated carbocycles. The number of aliphatic hydroxyl groups excluding tert-OH is 4. The summed E-state index contributed by atoms with van der Waals surface area (Å²) in [5.41, 5.74) is 0. The summed E-state index contributed by atoms with van der Waals surface area (Å²) in [6.45, 7) is -0.407. The van der Waals surface area contributed by atoms with Crippen LogP contribution in [-0.4, -0.2) is 69.2 Å². The molecule has 0 aromatic carbocycles. The van der Waals surface area contributed by atoms with Gasteiger partial charge in [-0.25, -0.2) is 0 Å². The lowest BCUT2D eigenvalue weighted by molar-refractivity contribution is -0.132. The van der Waals surface area contributed by atoms with Gasteiger partial charge in [0.2, 0.25) is 0 Å². The van der Waals surface area contributed by atoms with Crippen LogP contribution in [0.3, 0.4) is 0 Å². The molecule has 0 amide bonds. The molecule has 4 atom stereocenters. The Morgan fingerprint density at radius 2 is 1.47 bits per heavy atom. The number of hydrogen-bond acceptors (Lipinski definition) is 7. The summed E-state index contributed by atoms with van der Waals surface area (Å²) < 4.78 is 36.1. The molecule has 1 aliphatic rings. The number of aliphatic hydroxyl groups is 4. The average molecular weight is 248 g/mol. The molecule has 0 radical (unpaired) electrons. The maximum atomic E-state index is 8.93. The molecule has 15 heavy (non-hydrogen) atoms. The summed E-state index contributed by atoms with van der Waals surface area (Å²) in [4.78, 5) is 0. The predicted octanol–water partition coefficient (Wildman–Crippen LogP) is -3.24. The minimum Gasteiger partial charge on any atom is -0.394 e. The third-order valence-electron chi connectivity index (χ3n) is 1.52. The highest BCUT2D eigenvalue weighted by Crippen LogP contribution is 2.18. The van der Waals surface area contributed by atoms with Crippen molar-refractivity contribution in [1.29, 1.82) is 0 Å². The second-order valence-electron chi connectivity index (χ2n) is 2.68. The van der Waals surface area contributed by atoms with E-state index in [2.05, 4.69) is 4.74 Å². The van der Waals surface area contributed by atoms with E-state index in [4.69, 9.17) is 37.9 Å². The van der Waals surface area contributed by atoms with Crippen LogP contribution >= 0.6 is 0 Å². The Kier molecular flexibility index (Phi) is 5.55. The first-order chi connectivity index (χ1) is 6.66. The largest absolute Gasteiger partial charge is 0.394 e. The van der Waals surface area contributed by atoms with E-state index in [-0.39, 0.29) is 0 Å². The lowest BCUT2D eigenvalue weighted by Gasteiger charge is -2.09. The molecular weight excluding hydrogens is 236 g/mol. The van der Waals surface area contributed by atoms with Crippen LogP contribution in [0.4, 0.5) is 0 Å². The molecule has 0 aromatic rings. The standard InChI is InChI=1S/C5H10O5.H2O4S/c6-1-2-3(7)4(8)5(9)10-2;1-5(2,3)4/h2-9H,1H2;(H2,1,2,3,4)/t2-,3-,4-,5?;/m1./s1.